The fourth-order valence-electron chi connectivity index (χ4n) is 1.62. The van der Waals surface area contributed by atoms with E-state index in [0.717, 1.165) is 0 Å². The first-order valence-electron chi connectivity index (χ1n) is 6.08. The molecule has 0 aliphatic rings. The second-order valence-electron chi connectivity index (χ2n) is 4.01. The number of aromatic nitrogens is 1. The van der Waals surface area contributed by atoms with E-state index >= 15 is 0 Å². The van der Waals surface area contributed by atoms with Gasteiger partial charge in [0.15, 0.2) is 0 Å². The number of pyridine rings is 1. The van der Waals surface area contributed by atoms with Crippen LogP contribution in [-0.2, 0) is 0 Å². The van der Waals surface area contributed by atoms with E-state index in [0.29, 0.717) is 24.6 Å². The van der Waals surface area contributed by atoms with Crippen molar-refractivity contribution < 1.29 is 14.6 Å². The van der Waals surface area contributed by atoms with Crippen molar-refractivity contribution in [1.29, 1.82) is 0 Å². The average Bonchev–Trinajstić information content (AvgIpc) is 2.46. The molecular weight excluding hydrogens is 258 g/mol. The van der Waals surface area contributed by atoms with E-state index in [4.69, 9.17) is 10.5 Å². The van der Waals surface area contributed by atoms with Crippen LogP contribution in [0.15, 0.2) is 42.7 Å². The number of anilines is 1. The molecule has 20 heavy (non-hydrogen) atoms. The number of benzene rings is 1. The summed E-state index contributed by atoms with van der Waals surface area (Å²) < 4.78 is 5.37. The number of amides is 1. The highest BCUT2D eigenvalue weighted by molar-refractivity contribution is 6.06. The van der Waals surface area contributed by atoms with Crippen LogP contribution < -0.4 is 15.8 Å². The maximum Gasteiger partial charge on any atom is 0.259 e. The Bertz CT molecular complexity index is 602. The molecular formula is C14H15N3O3. The van der Waals surface area contributed by atoms with Crippen molar-refractivity contribution in [3.63, 3.8) is 0 Å². The highest BCUT2D eigenvalue weighted by Crippen LogP contribution is 2.20. The zero-order valence-electron chi connectivity index (χ0n) is 10.7. The predicted molar refractivity (Wildman–Crippen MR) is 74.8 cm³/mol. The lowest BCUT2D eigenvalue weighted by molar-refractivity contribution is 0.102. The summed E-state index contributed by atoms with van der Waals surface area (Å²) in [4.78, 5) is 15.7. The van der Waals surface area contributed by atoms with Gasteiger partial charge in [0.1, 0.15) is 18.1 Å². The molecule has 1 aromatic heterocycles. The second-order valence-corrected chi connectivity index (χ2v) is 4.01. The fourth-order valence-corrected chi connectivity index (χ4v) is 1.62. The number of aromatic hydroxyl groups is 1. The second kappa shape index (κ2) is 6.53. The number of carbonyl (C=O) groups is 1. The summed E-state index contributed by atoms with van der Waals surface area (Å²) in [5.74, 6) is 0.0358. The minimum absolute atomic E-state index is 0.160. The Hall–Kier alpha value is -2.60. The van der Waals surface area contributed by atoms with E-state index in [1.165, 1.54) is 18.5 Å². The summed E-state index contributed by atoms with van der Waals surface area (Å²) in [6.45, 7) is 0.823. The van der Waals surface area contributed by atoms with Gasteiger partial charge < -0.3 is 20.9 Å². The minimum Gasteiger partial charge on any atom is -0.505 e. The van der Waals surface area contributed by atoms with Gasteiger partial charge in [0.05, 0.1) is 11.8 Å². The summed E-state index contributed by atoms with van der Waals surface area (Å²) in [5, 5.41) is 12.2. The molecule has 0 saturated carbocycles. The molecule has 0 aliphatic heterocycles. The predicted octanol–water partition coefficient (Wildman–Crippen LogP) is 1.38. The smallest absolute Gasteiger partial charge is 0.259 e. The molecule has 4 N–H and O–H groups in total. The SMILES string of the molecule is NCCOc1cccc(NC(=O)c2ccncc2O)c1. The molecule has 0 bridgehead atoms. The molecule has 0 aliphatic carbocycles. The monoisotopic (exact) mass is 273 g/mol. The van der Waals surface area contributed by atoms with Gasteiger partial charge in [0.2, 0.25) is 0 Å². The Morgan fingerprint density at radius 2 is 2.25 bits per heavy atom. The van der Waals surface area contributed by atoms with Gasteiger partial charge in [-0.1, -0.05) is 6.07 Å². The molecule has 0 atom stereocenters. The standard InChI is InChI=1S/C14H15N3O3/c15-5-7-20-11-3-1-2-10(8-11)17-14(19)12-4-6-16-9-13(12)18/h1-4,6,8-9,18H,5,7,15H2,(H,17,19). The quantitative estimate of drug-likeness (QED) is 0.764. The van der Waals surface area contributed by atoms with Gasteiger partial charge in [0, 0.05) is 24.5 Å². The van der Waals surface area contributed by atoms with Gasteiger partial charge in [-0.25, -0.2) is 0 Å². The maximum atomic E-state index is 12.0. The Morgan fingerprint density at radius 1 is 1.40 bits per heavy atom. The third kappa shape index (κ3) is 3.46. The molecule has 2 aromatic rings. The lowest BCUT2D eigenvalue weighted by atomic mass is 10.2. The summed E-state index contributed by atoms with van der Waals surface area (Å²) in [6, 6.07) is 8.39. The molecule has 1 amide bonds. The van der Waals surface area contributed by atoms with E-state index < -0.39 is 5.91 Å². The van der Waals surface area contributed by atoms with Crippen molar-refractivity contribution in [1.82, 2.24) is 4.98 Å². The Kier molecular flexibility index (Phi) is 4.52. The highest BCUT2D eigenvalue weighted by Gasteiger charge is 2.11. The minimum atomic E-state index is -0.416. The lowest BCUT2D eigenvalue weighted by Crippen LogP contribution is -2.13. The van der Waals surface area contributed by atoms with Crippen molar-refractivity contribution in [2.24, 2.45) is 5.73 Å². The van der Waals surface area contributed by atoms with E-state index in [1.807, 2.05) is 0 Å². The van der Waals surface area contributed by atoms with Crippen LogP contribution in [0.2, 0.25) is 0 Å². The van der Waals surface area contributed by atoms with E-state index in [-0.39, 0.29) is 11.3 Å². The van der Waals surface area contributed by atoms with Crippen LogP contribution in [0.25, 0.3) is 0 Å². The summed E-state index contributed by atoms with van der Waals surface area (Å²) >= 11 is 0. The van der Waals surface area contributed by atoms with Gasteiger partial charge in [-0.05, 0) is 18.2 Å². The molecule has 6 nitrogen and oxygen atoms in total. The zero-order valence-corrected chi connectivity index (χ0v) is 10.7. The molecule has 1 heterocycles. The highest BCUT2D eigenvalue weighted by atomic mass is 16.5. The van der Waals surface area contributed by atoms with E-state index in [1.54, 1.807) is 24.3 Å². The van der Waals surface area contributed by atoms with Crippen LogP contribution >= 0.6 is 0 Å². The number of nitrogens with one attached hydrogen (secondary N) is 1. The third-order valence-corrected chi connectivity index (χ3v) is 2.52. The van der Waals surface area contributed by atoms with E-state index in [9.17, 15) is 9.90 Å². The van der Waals surface area contributed by atoms with Crippen molar-refractivity contribution >= 4 is 11.6 Å². The van der Waals surface area contributed by atoms with Gasteiger partial charge in [-0.2, -0.15) is 0 Å². The van der Waals surface area contributed by atoms with Gasteiger partial charge in [0.25, 0.3) is 5.91 Å². The van der Waals surface area contributed by atoms with Crippen LogP contribution in [0.5, 0.6) is 11.5 Å². The first-order valence-corrected chi connectivity index (χ1v) is 6.08. The summed E-state index contributed by atoms with van der Waals surface area (Å²) in [7, 11) is 0. The molecule has 0 saturated heterocycles. The van der Waals surface area contributed by atoms with Crippen LogP contribution in [0.4, 0.5) is 5.69 Å². The van der Waals surface area contributed by atoms with Crippen LogP contribution in [0.1, 0.15) is 10.4 Å². The number of hydrogen-bond acceptors (Lipinski definition) is 5. The van der Waals surface area contributed by atoms with E-state index in [2.05, 4.69) is 10.3 Å². The van der Waals surface area contributed by atoms with Crippen molar-refractivity contribution in [3.05, 3.63) is 48.3 Å². The number of nitrogens with zero attached hydrogens (tertiary/aromatic N) is 1. The lowest BCUT2D eigenvalue weighted by Gasteiger charge is -2.09. The Balaban J connectivity index is 2.10. The molecule has 0 unspecified atom stereocenters. The Morgan fingerprint density at radius 3 is 3.00 bits per heavy atom. The molecule has 0 spiro atoms. The van der Waals surface area contributed by atoms with Crippen LogP contribution in [0.3, 0.4) is 0 Å². The molecule has 104 valence electrons. The number of ether oxygens (including phenoxy) is 1. The topological polar surface area (TPSA) is 97.5 Å². The molecule has 6 heteroatoms. The first-order chi connectivity index (χ1) is 9.70. The number of hydrogen-bond donors (Lipinski definition) is 3. The number of carbonyl (C=O) groups excluding carboxylic acids is 1. The van der Waals surface area contributed by atoms with Crippen molar-refractivity contribution in [2.75, 3.05) is 18.5 Å². The van der Waals surface area contributed by atoms with Crippen molar-refractivity contribution in [3.8, 4) is 11.5 Å². The summed E-state index contributed by atoms with van der Waals surface area (Å²) in [6.07, 6.45) is 2.66. The maximum absolute atomic E-state index is 12.0. The normalized spacial score (nSPS) is 10.1. The number of rotatable bonds is 5. The third-order valence-electron chi connectivity index (χ3n) is 2.52. The number of nitrogens with two attached hydrogens (primary N) is 1. The molecule has 0 radical (unpaired) electrons. The van der Waals surface area contributed by atoms with Crippen LogP contribution in [-0.4, -0.2) is 29.1 Å². The van der Waals surface area contributed by atoms with Crippen LogP contribution in [0, 0.1) is 0 Å². The molecule has 2 rings (SSSR count). The zero-order chi connectivity index (χ0) is 14.4. The largest absolute Gasteiger partial charge is 0.505 e. The van der Waals surface area contributed by atoms with Gasteiger partial charge in [-0.15, -0.1) is 0 Å². The van der Waals surface area contributed by atoms with Gasteiger partial charge >= 0.3 is 0 Å². The summed E-state index contributed by atoms with van der Waals surface area (Å²) in [5.41, 5.74) is 6.09. The van der Waals surface area contributed by atoms with Gasteiger partial charge in [-0.3, -0.25) is 9.78 Å². The molecule has 0 fully saturated rings. The first kappa shape index (κ1) is 13.8. The average molecular weight is 273 g/mol. The van der Waals surface area contributed by atoms with Crippen molar-refractivity contribution in [2.45, 2.75) is 0 Å². The Labute approximate surface area is 116 Å². The molecule has 1 aromatic carbocycles. The fraction of sp³-hybridized carbons (Fsp3) is 0.143.